The number of para-hydroxylation sites is 1. The molecular weight excluding hydrogens is 338 g/mol. The van der Waals surface area contributed by atoms with E-state index in [-0.39, 0.29) is 5.91 Å². The van der Waals surface area contributed by atoms with Crippen molar-refractivity contribution in [1.82, 2.24) is 14.7 Å². The van der Waals surface area contributed by atoms with Gasteiger partial charge in [-0.2, -0.15) is 5.10 Å². The molecule has 27 heavy (non-hydrogen) atoms. The van der Waals surface area contributed by atoms with Crippen molar-refractivity contribution in [2.45, 2.75) is 26.5 Å². The first-order valence-corrected chi connectivity index (χ1v) is 9.16. The SMILES string of the molecule is CCOC(C)C(=O)N(C)Cc1cn(-c2ccccc2)nc1-c1ccccc1. The molecule has 1 unspecified atom stereocenters. The van der Waals surface area contributed by atoms with Crippen LogP contribution in [0.2, 0.25) is 0 Å². The summed E-state index contributed by atoms with van der Waals surface area (Å²) in [6, 6.07) is 20.0. The Hall–Kier alpha value is -2.92. The minimum Gasteiger partial charge on any atom is -0.369 e. The highest BCUT2D eigenvalue weighted by Crippen LogP contribution is 2.24. The van der Waals surface area contributed by atoms with Gasteiger partial charge in [-0.1, -0.05) is 48.5 Å². The van der Waals surface area contributed by atoms with Gasteiger partial charge >= 0.3 is 0 Å². The lowest BCUT2D eigenvalue weighted by molar-refractivity contribution is -0.141. The molecule has 5 nitrogen and oxygen atoms in total. The van der Waals surface area contributed by atoms with E-state index in [9.17, 15) is 4.79 Å². The van der Waals surface area contributed by atoms with Gasteiger partial charge in [-0.3, -0.25) is 4.79 Å². The Bertz CT molecular complexity index is 875. The third kappa shape index (κ3) is 4.44. The van der Waals surface area contributed by atoms with Crippen LogP contribution >= 0.6 is 0 Å². The van der Waals surface area contributed by atoms with Crippen molar-refractivity contribution in [3.63, 3.8) is 0 Å². The van der Waals surface area contributed by atoms with Gasteiger partial charge in [0.05, 0.1) is 11.4 Å². The zero-order valence-electron chi connectivity index (χ0n) is 16.0. The van der Waals surface area contributed by atoms with Gasteiger partial charge in [-0.15, -0.1) is 0 Å². The molecule has 1 amide bonds. The summed E-state index contributed by atoms with van der Waals surface area (Å²) >= 11 is 0. The molecule has 2 aromatic carbocycles. The van der Waals surface area contributed by atoms with E-state index in [2.05, 4.69) is 0 Å². The highest BCUT2D eigenvalue weighted by atomic mass is 16.5. The number of rotatable bonds is 7. The third-order valence-electron chi connectivity index (χ3n) is 4.41. The van der Waals surface area contributed by atoms with Crippen molar-refractivity contribution in [2.75, 3.05) is 13.7 Å². The largest absolute Gasteiger partial charge is 0.369 e. The summed E-state index contributed by atoms with van der Waals surface area (Å²) in [6.07, 6.45) is 1.54. The number of likely N-dealkylation sites (N-methyl/N-ethyl adjacent to an activating group) is 1. The molecule has 0 bridgehead atoms. The van der Waals surface area contributed by atoms with E-state index in [0.717, 1.165) is 22.5 Å². The van der Waals surface area contributed by atoms with Crippen molar-refractivity contribution in [3.05, 3.63) is 72.4 Å². The van der Waals surface area contributed by atoms with E-state index in [1.54, 1.807) is 18.9 Å². The van der Waals surface area contributed by atoms with Gasteiger partial charge in [-0.25, -0.2) is 4.68 Å². The molecule has 1 atom stereocenters. The first-order valence-electron chi connectivity index (χ1n) is 9.16. The fourth-order valence-electron chi connectivity index (χ4n) is 3.04. The molecule has 0 N–H and O–H groups in total. The van der Waals surface area contributed by atoms with Gasteiger partial charge in [-0.05, 0) is 26.0 Å². The predicted molar refractivity (Wildman–Crippen MR) is 107 cm³/mol. The van der Waals surface area contributed by atoms with E-state index in [4.69, 9.17) is 9.84 Å². The Morgan fingerprint density at radius 3 is 2.37 bits per heavy atom. The second-order valence-electron chi connectivity index (χ2n) is 6.44. The normalized spacial score (nSPS) is 12.0. The van der Waals surface area contributed by atoms with Crippen molar-refractivity contribution in [1.29, 1.82) is 0 Å². The van der Waals surface area contributed by atoms with Crippen LogP contribution in [0.15, 0.2) is 66.9 Å². The number of ether oxygens (including phenoxy) is 1. The van der Waals surface area contributed by atoms with Crippen LogP contribution in [0.3, 0.4) is 0 Å². The van der Waals surface area contributed by atoms with Gasteiger partial charge in [0.2, 0.25) is 0 Å². The molecule has 1 heterocycles. The van der Waals surface area contributed by atoms with Crippen molar-refractivity contribution < 1.29 is 9.53 Å². The molecule has 5 heteroatoms. The van der Waals surface area contributed by atoms with Crippen LogP contribution < -0.4 is 0 Å². The average molecular weight is 363 g/mol. The molecule has 0 spiro atoms. The molecule has 1 aromatic heterocycles. The minimum absolute atomic E-state index is 0.0386. The van der Waals surface area contributed by atoms with Gasteiger partial charge < -0.3 is 9.64 Å². The Morgan fingerprint density at radius 2 is 1.74 bits per heavy atom. The fourth-order valence-corrected chi connectivity index (χ4v) is 3.04. The number of carbonyl (C=O) groups excluding carboxylic acids is 1. The molecule has 0 fully saturated rings. The quantitative estimate of drug-likeness (QED) is 0.639. The summed E-state index contributed by atoms with van der Waals surface area (Å²) in [6.45, 7) is 4.66. The number of hydrogen-bond donors (Lipinski definition) is 0. The lowest BCUT2D eigenvalue weighted by Crippen LogP contribution is -2.35. The summed E-state index contributed by atoms with van der Waals surface area (Å²) in [5.41, 5.74) is 3.88. The summed E-state index contributed by atoms with van der Waals surface area (Å²) in [4.78, 5) is 14.2. The van der Waals surface area contributed by atoms with E-state index in [1.807, 2.05) is 78.5 Å². The Labute approximate surface area is 160 Å². The molecule has 3 aromatic rings. The lowest BCUT2D eigenvalue weighted by Gasteiger charge is -2.21. The monoisotopic (exact) mass is 363 g/mol. The van der Waals surface area contributed by atoms with Gasteiger partial charge in [0.15, 0.2) is 0 Å². The number of aromatic nitrogens is 2. The smallest absolute Gasteiger partial charge is 0.251 e. The minimum atomic E-state index is -0.454. The number of carbonyl (C=O) groups is 1. The maximum absolute atomic E-state index is 12.5. The Kier molecular flexibility index (Phi) is 6.04. The first-order chi connectivity index (χ1) is 13.1. The number of benzene rings is 2. The van der Waals surface area contributed by atoms with Gasteiger partial charge in [0.1, 0.15) is 6.10 Å². The summed E-state index contributed by atoms with van der Waals surface area (Å²) in [5, 5.41) is 4.79. The molecule has 0 saturated carbocycles. The predicted octanol–water partition coefficient (Wildman–Crippen LogP) is 3.92. The van der Waals surface area contributed by atoms with Crippen LogP contribution in [0.5, 0.6) is 0 Å². The van der Waals surface area contributed by atoms with Gasteiger partial charge in [0, 0.05) is 37.5 Å². The highest BCUT2D eigenvalue weighted by Gasteiger charge is 2.20. The molecular formula is C22H25N3O2. The van der Waals surface area contributed by atoms with E-state index >= 15 is 0 Å². The summed E-state index contributed by atoms with van der Waals surface area (Å²) in [7, 11) is 1.80. The molecule has 0 aliphatic carbocycles. The Morgan fingerprint density at radius 1 is 1.11 bits per heavy atom. The highest BCUT2D eigenvalue weighted by molar-refractivity contribution is 5.80. The number of amides is 1. The van der Waals surface area contributed by atoms with Crippen LogP contribution in [-0.2, 0) is 16.1 Å². The van der Waals surface area contributed by atoms with Crippen LogP contribution in [0.1, 0.15) is 19.4 Å². The maximum atomic E-state index is 12.5. The summed E-state index contributed by atoms with van der Waals surface area (Å²) < 4.78 is 7.30. The third-order valence-corrected chi connectivity index (χ3v) is 4.41. The Balaban J connectivity index is 1.93. The number of hydrogen-bond acceptors (Lipinski definition) is 3. The zero-order chi connectivity index (χ0) is 19.2. The van der Waals surface area contributed by atoms with E-state index in [1.165, 1.54) is 0 Å². The molecule has 0 radical (unpaired) electrons. The molecule has 0 saturated heterocycles. The van der Waals surface area contributed by atoms with Crippen molar-refractivity contribution >= 4 is 5.91 Å². The van der Waals surface area contributed by atoms with Crippen molar-refractivity contribution in [3.8, 4) is 16.9 Å². The van der Waals surface area contributed by atoms with Crippen LogP contribution in [0.25, 0.3) is 16.9 Å². The zero-order valence-corrected chi connectivity index (χ0v) is 16.0. The second kappa shape index (κ2) is 8.64. The van der Waals surface area contributed by atoms with E-state index < -0.39 is 6.10 Å². The van der Waals surface area contributed by atoms with Crippen LogP contribution in [0, 0.1) is 0 Å². The molecule has 3 rings (SSSR count). The van der Waals surface area contributed by atoms with Gasteiger partial charge in [0.25, 0.3) is 5.91 Å². The van der Waals surface area contributed by atoms with E-state index in [0.29, 0.717) is 13.2 Å². The van der Waals surface area contributed by atoms with Crippen LogP contribution in [0.4, 0.5) is 0 Å². The van der Waals surface area contributed by atoms with Crippen molar-refractivity contribution in [2.24, 2.45) is 0 Å². The topological polar surface area (TPSA) is 47.4 Å². The van der Waals surface area contributed by atoms with Crippen LogP contribution in [-0.4, -0.2) is 40.3 Å². The molecule has 0 aliphatic rings. The average Bonchev–Trinajstić information content (AvgIpc) is 3.12. The maximum Gasteiger partial charge on any atom is 0.251 e. The standard InChI is InChI=1S/C22H25N3O2/c1-4-27-17(2)22(26)24(3)15-19-16-25(20-13-9-6-10-14-20)23-21(19)18-11-7-5-8-12-18/h5-14,16-17H,4,15H2,1-3H3. The second-order valence-corrected chi connectivity index (χ2v) is 6.44. The summed E-state index contributed by atoms with van der Waals surface area (Å²) in [5.74, 6) is -0.0386. The number of nitrogens with zero attached hydrogens (tertiary/aromatic N) is 3. The first kappa shape index (κ1) is 18.9. The fraction of sp³-hybridized carbons (Fsp3) is 0.273. The lowest BCUT2D eigenvalue weighted by atomic mass is 10.1. The molecule has 140 valence electrons. The molecule has 0 aliphatic heterocycles.